The first kappa shape index (κ1) is 18.9. The number of anilines is 2. The van der Waals surface area contributed by atoms with Gasteiger partial charge in [0.25, 0.3) is 0 Å². The third-order valence-electron chi connectivity index (χ3n) is 3.20. The number of hydrogen-bond acceptors (Lipinski definition) is 4. The van der Waals surface area contributed by atoms with Crippen molar-refractivity contribution in [3.63, 3.8) is 0 Å². The summed E-state index contributed by atoms with van der Waals surface area (Å²) in [6, 6.07) is 3.43. The molecule has 0 amide bonds. The molecule has 0 fully saturated rings. The van der Waals surface area contributed by atoms with Crippen molar-refractivity contribution < 1.29 is 34.8 Å². The van der Waals surface area contributed by atoms with Crippen molar-refractivity contribution in [3.05, 3.63) is 47.5 Å². The van der Waals surface area contributed by atoms with Gasteiger partial charge >= 0.3 is 12.4 Å². The molecular formula is C14H10F6N2O2S. The highest BCUT2D eigenvalue weighted by Gasteiger charge is 2.42. The molecule has 136 valence electrons. The Kier molecular flexibility index (Phi) is 4.41. The van der Waals surface area contributed by atoms with Gasteiger partial charge in [-0.2, -0.15) is 26.3 Å². The number of benzene rings is 2. The quantitative estimate of drug-likeness (QED) is 0.610. The van der Waals surface area contributed by atoms with Crippen LogP contribution in [0.15, 0.2) is 46.2 Å². The highest BCUT2D eigenvalue weighted by atomic mass is 32.2. The van der Waals surface area contributed by atoms with Crippen LogP contribution in [0.25, 0.3) is 0 Å². The molecule has 2 rings (SSSR count). The van der Waals surface area contributed by atoms with Crippen molar-refractivity contribution in [2.75, 3.05) is 11.5 Å². The lowest BCUT2D eigenvalue weighted by Crippen LogP contribution is -2.18. The fourth-order valence-electron chi connectivity index (χ4n) is 2.13. The molecule has 0 unspecified atom stereocenters. The molecule has 4 nitrogen and oxygen atoms in total. The summed E-state index contributed by atoms with van der Waals surface area (Å²) < 4.78 is 104. The smallest absolute Gasteiger partial charge is 0.399 e. The number of halogens is 6. The van der Waals surface area contributed by atoms with Gasteiger partial charge < -0.3 is 11.5 Å². The van der Waals surface area contributed by atoms with Crippen LogP contribution in [0.1, 0.15) is 11.1 Å². The molecule has 11 heteroatoms. The van der Waals surface area contributed by atoms with Crippen LogP contribution in [0.4, 0.5) is 37.7 Å². The van der Waals surface area contributed by atoms with E-state index in [2.05, 4.69) is 0 Å². The van der Waals surface area contributed by atoms with E-state index in [1.165, 1.54) is 0 Å². The van der Waals surface area contributed by atoms with Crippen LogP contribution >= 0.6 is 0 Å². The summed E-state index contributed by atoms with van der Waals surface area (Å²) in [4.78, 5) is -2.66. The van der Waals surface area contributed by atoms with Gasteiger partial charge in [-0.1, -0.05) is 0 Å². The first-order chi connectivity index (χ1) is 11.2. The molecule has 0 atom stereocenters. The van der Waals surface area contributed by atoms with Gasteiger partial charge in [0.2, 0.25) is 9.84 Å². The molecule has 0 radical (unpaired) electrons. The van der Waals surface area contributed by atoms with Crippen molar-refractivity contribution in [3.8, 4) is 0 Å². The van der Waals surface area contributed by atoms with Crippen LogP contribution in [0, 0.1) is 0 Å². The van der Waals surface area contributed by atoms with Crippen LogP contribution in [-0.4, -0.2) is 8.42 Å². The summed E-state index contributed by atoms with van der Waals surface area (Å²) in [6.45, 7) is 0. The third-order valence-corrected chi connectivity index (χ3v) is 5.07. The molecule has 25 heavy (non-hydrogen) atoms. The Labute approximate surface area is 138 Å². The predicted octanol–water partition coefficient (Wildman–Crippen LogP) is 3.72. The summed E-state index contributed by atoms with van der Waals surface area (Å²) in [5, 5.41) is 0. The Morgan fingerprint density at radius 2 is 1.00 bits per heavy atom. The first-order valence-electron chi connectivity index (χ1n) is 6.43. The highest BCUT2D eigenvalue weighted by molar-refractivity contribution is 7.91. The molecule has 2 aromatic rings. The number of rotatable bonds is 2. The summed E-state index contributed by atoms with van der Waals surface area (Å²) in [6.07, 6.45) is -10.3. The van der Waals surface area contributed by atoms with Gasteiger partial charge in [0, 0.05) is 11.4 Å². The first-order valence-corrected chi connectivity index (χ1v) is 7.91. The minimum atomic E-state index is -5.15. The van der Waals surface area contributed by atoms with Gasteiger partial charge in [-0.15, -0.1) is 0 Å². The summed E-state index contributed by atoms with van der Waals surface area (Å²) >= 11 is 0. The Morgan fingerprint density at radius 1 is 0.680 bits per heavy atom. The third kappa shape index (κ3) is 3.65. The van der Waals surface area contributed by atoms with E-state index in [0.29, 0.717) is 24.3 Å². The highest BCUT2D eigenvalue weighted by Crippen LogP contribution is 2.41. The minimum absolute atomic E-state index is 0.345. The minimum Gasteiger partial charge on any atom is -0.399 e. The van der Waals surface area contributed by atoms with Crippen LogP contribution in [0.3, 0.4) is 0 Å². The summed E-state index contributed by atoms with van der Waals surface area (Å²) in [5.74, 6) is 0. The van der Waals surface area contributed by atoms with E-state index in [4.69, 9.17) is 11.5 Å². The molecular weight excluding hydrogens is 374 g/mol. The van der Waals surface area contributed by atoms with Gasteiger partial charge in [0.1, 0.15) is 0 Å². The van der Waals surface area contributed by atoms with E-state index in [1.54, 1.807) is 0 Å². The lowest BCUT2D eigenvalue weighted by Gasteiger charge is -2.17. The number of alkyl halides is 6. The van der Waals surface area contributed by atoms with E-state index in [9.17, 15) is 34.8 Å². The van der Waals surface area contributed by atoms with Crippen molar-refractivity contribution >= 4 is 21.2 Å². The SMILES string of the molecule is Nc1ccc(S(=O)(=O)c2ccc(N)cc2C(F)(F)F)c(C(F)(F)F)c1. The predicted molar refractivity (Wildman–Crippen MR) is 77.2 cm³/mol. The second-order valence-electron chi connectivity index (χ2n) is 5.01. The van der Waals surface area contributed by atoms with Crippen LogP contribution in [-0.2, 0) is 22.2 Å². The molecule has 0 spiro atoms. The average molecular weight is 384 g/mol. The lowest BCUT2D eigenvalue weighted by atomic mass is 10.2. The Morgan fingerprint density at radius 3 is 1.28 bits per heavy atom. The van der Waals surface area contributed by atoms with Gasteiger partial charge in [0.05, 0.1) is 20.9 Å². The fourth-order valence-corrected chi connectivity index (χ4v) is 3.79. The average Bonchev–Trinajstić information content (AvgIpc) is 2.44. The van der Waals surface area contributed by atoms with Gasteiger partial charge in [-0.05, 0) is 36.4 Å². The summed E-state index contributed by atoms with van der Waals surface area (Å²) in [5.41, 5.74) is 6.38. The van der Waals surface area contributed by atoms with Crippen LogP contribution in [0.5, 0.6) is 0 Å². The number of hydrogen-bond donors (Lipinski definition) is 2. The molecule has 0 heterocycles. The number of sulfone groups is 1. The second kappa shape index (κ2) is 5.83. The molecule has 0 aliphatic rings. The van der Waals surface area contributed by atoms with Crippen molar-refractivity contribution in [1.29, 1.82) is 0 Å². The maximum atomic E-state index is 13.1. The Bertz CT molecular complexity index is 850. The number of nitrogens with two attached hydrogens (primary N) is 2. The maximum Gasteiger partial charge on any atom is 0.417 e. The molecule has 0 aromatic heterocycles. The van der Waals surface area contributed by atoms with Gasteiger partial charge in [0.15, 0.2) is 0 Å². The molecule has 0 aliphatic heterocycles. The van der Waals surface area contributed by atoms with Crippen molar-refractivity contribution in [2.24, 2.45) is 0 Å². The second-order valence-corrected chi connectivity index (χ2v) is 6.90. The molecule has 0 aliphatic carbocycles. The zero-order chi connectivity index (χ0) is 19.2. The topological polar surface area (TPSA) is 86.2 Å². The fraction of sp³-hybridized carbons (Fsp3) is 0.143. The normalized spacial score (nSPS) is 13.0. The molecule has 0 saturated carbocycles. The van der Waals surface area contributed by atoms with Crippen LogP contribution in [0.2, 0.25) is 0 Å². The van der Waals surface area contributed by atoms with E-state index < -0.39 is 43.1 Å². The summed E-state index contributed by atoms with van der Waals surface area (Å²) in [7, 11) is -5.15. The van der Waals surface area contributed by atoms with E-state index >= 15 is 0 Å². The van der Waals surface area contributed by atoms with Gasteiger partial charge in [-0.3, -0.25) is 0 Å². The van der Waals surface area contributed by atoms with Crippen molar-refractivity contribution in [2.45, 2.75) is 22.1 Å². The van der Waals surface area contributed by atoms with Crippen LogP contribution < -0.4 is 11.5 Å². The lowest BCUT2D eigenvalue weighted by molar-refractivity contribution is -0.140. The molecule has 0 saturated heterocycles. The zero-order valence-electron chi connectivity index (χ0n) is 12.1. The molecule has 2 aromatic carbocycles. The van der Waals surface area contributed by atoms with E-state index in [1.807, 2.05) is 0 Å². The van der Waals surface area contributed by atoms with Crippen molar-refractivity contribution in [1.82, 2.24) is 0 Å². The standard InChI is InChI=1S/C14H10F6N2O2S/c15-13(16,17)9-5-7(21)1-3-11(9)25(23,24)12-4-2-8(22)6-10(12)14(18,19)20/h1-6H,21-22H2. The Balaban J connectivity index is 2.83. The molecule has 4 N–H and O–H groups in total. The largest absolute Gasteiger partial charge is 0.417 e. The van der Waals surface area contributed by atoms with Gasteiger partial charge in [-0.25, -0.2) is 8.42 Å². The Hall–Kier alpha value is -2.43. The zero-order valence-corrected chi connectivity index (χ0v) is 12.9. The number of nitrogen functional groups attached to an aromatic ring is 2. The molecule has 0 bridgehead atoms. The monoisotopic (exact) mass is 384 g/mol. The van der Waals surface area contributed by atoms with E-state index in [-0.39, 0.29) is 11.4 Å². The maximum absolute atomic E-state index is 13.1. The van der Waals surface area contributed by atoms with E-state index in [0.717, 1.165) is 12.1 Å².